The molecule has 0 radical (unpaired) electrons. The van der Waals surface area contributed by atoms with Gasteiger partial charge in [0.05, 0.1) is 16.4 Å². The van der Waals surface area contributed by atoms with E-state index in [9.17, 15) is 18.0 Å². The third-order valence-corrected chi connectivity index (χ3v) is 7.14. The van der Waals surface area contributed by atoms with Gasteiger partial charge in [0.2, 0.25) is 0 Å². The standard InChI is InChI=1S/C22H18ClF3N4OS/c1-3-18(31)30-21-19(20(22(24,25)26)27-29(21)4-2)13-8-6-5-7-12(13)15-10-28(30)11-16-14(15)9-17(23)32-16/h3,5-9,15H,1,4,10-11H2,2H3/t15-/m0/s1. The smallest absolute Gasteiger partial charge is 0.268 e. The highest BCUT2D eigenvalue weighted by Crippen LogP contribution is 2.50. The van der Waals surface area contributed by atoms with Crippen molar-refractivity contribution in [1.82, 2.24) is 14.8 Å². The van der Waals surface area contributed by atoms with Gasteiger partial charge < -0.3 is 0 Å². The molecule has 1 aromatic carbocycles. The van der Waals surface area contributed by atoms with Gasteiger partial charge in [-0.25, -0.2) is 14.7 Å². The van der Waals surface area contributed by atoms with Crippen LogP contribution in [0.15, 0.2) is 43.0 Å². The Morgan fingerprint density at radius 1 is 1.34 bits per heavy atom. The highest BCUT2D eigenvalue weighted by Gasteiger charge is 2.45. The number of aryl methyl sites for hydroxylation is 1. The van der Waals surface area contributed by atoms with Crippen molar-refractivity contribution in [3.8, 4) is 11.1 Å². The molecular formula is C22H18ClF3N4OS. The predicted molar refractivity (Wildman–Crippen MR) is 118 cm³/mol. The molecule has 10 heteroatoms. The zero-order valence-electron chi connectivity index (χ0n) is 17.0. The van der Waals surface area contributed by atoms with Crippen molar-refractivity contribution in [3.05, 3.63) is 69.0 Å². The molecule has 1 amide bonds. The Morgan fingerprint density at radius 2 is 2.09 bits per heavy atom. The van der Waals surface area contributed by atoms with E-state index < -0.39 is 17.8 Å². The van der Waals surface area contributed by atoms with E-state index >= 15 is 0 Å². The number of alkyl halides is 3. The van der Waals surface area contributed by atoms with E-state index in [1.54, 1.807) is 24.1 Å². The van der Waals surface area contributed by atoms with E-state index in [1.165, 1.54) is 21.0 Å². The number of halogens is 4. The Kier molecular flexibility index (Phi) is 4.96. The summed E-state index contributed by atoms with van der Waals surface area (Å²) < 4.78 is 44.4. The summed E-state index contributed by atoms with van der Waals surface area (Å²) >= 11 is 7.73. The first kappa shape index (κ1) is 21.2. The van der Waals surface area contributed by atoms with Crippen LogP contribution in [-0.2, 0) is 24.1 Å². The van der Waals surface area contributed by atoms with Gasteiger partial charge in [-0.2, -0.15) is 18.3 Å². The Bertz CT molecular complexity index is 1250. The molecule has 4 heterocycles. The molecule has 5 nitrogen and oxygen atoms in total. The van der Waals surface area contributed by atoms with E-state index in [1.807, 2.05) is 18.2 Å². The van der Waals surface area contributed by atoms with Gasteiger partial charge in [0, 0.05) is 23.9 Å². The fourth-order valence-corrected chi connectivity index (χ4v) is 5.96. The summed E-state index contributed by atoms with van der Waals surface area (Å²) in [4.78, 5) is 14.0. The van der Waals surface area contributed by atoms with Crippen molar-refractivity contribution in [2.45, 2.75) is 32.1 Å². The van der Waals surface area contributed by atoms with Crippen LogP contribution in [0.1, 0.15) is 34.5 Å². The Balaban J connectivity index is 1.91. The predicted octanol–water partition coefficient (Wildman–Crippen LogP) is 5.70. The largest absolute Gasteiger partial charge is 0.435 e. The normalized spacial score (nSPS) is 19.5. The van der Waals surface area contributed by atoms with Crippen LogP contribution >= 0.6 is 22.9 Å². The molecule has 2 aliphatic rings. The van der Waals surface area contributed by atoms with Gasteiger partial charge in [0.25, 0.3) is 5.91 Å². The summed E-state index contributed by atoms with van der Waals surface area (Å²) in [5.74, 6) is -0.668. The van der Waals surface area contributed by atoms with Crippen molar-refractivity contribution in [3.63, 3.8) is 0 Å². The van der Waals surface area contributed by atoms with Crippen molar-refractivity contribution >= 4 is 34.7 Å². The number of carbonyl (C=O) groups is 1. The van der Waals surface area contributed by atoms with Crippen LogP contribution in [0.25, 0.3) is 11.1 Å². The minimum Gasteiger partial charge on any atom is -0.268 e. The second-order valence-electron chi connectivity index (χ2n) is 7.63. The van der Waals surface area contributed by atoms with Crippen molar-refractivity contribution in [2.24, 2.45) is 0 Å². The van der Waals surface area contributed by atoms with Crippen LogP contribution in [0.5, 0.6) is 0 Å². The average Bonchev–Trinajstić information content (AvgIpc) is 3.32. The van der Waals surface area contributed by atoms with E-state index in [4.69, 9.17) is 11.6 Å². The first-order chi connectivity index (χ1) is 15.2. The number of thiophene rings is 1. The number of carbonyl (C=O) groups excluding carboxylic acids is 1. The summed E-state index contributed by atoms with van der Waals surface area (Å²) in [6.45, 7) is 6.20. The lowest BCUT2D eigenvalue weighted by molar-refractivity contribution is -0.141. The third kappa shape index (κ3) is 3.10. The lowest BCUT2D eigenvalue weighted by Gasteiger charge is -2.42. The van der Waals surface area contributed by atoms with Crippen LogP contribution in [0.3, 0.4) is 0 Å². The van der Waals surface area contributed by atoms with Gasteiger partial charge in [-0.15, -0.1) is 11.3 Å². The fourth-order valence-electron chi connectivity index (χ4n) is 4.61. The van der Waals surface area contributed by atoms with Gasteiger partial charge in [-0.1, -0.05) is 42.4 Å². The topological polar surface area (TPSA) is 41.4 Å². The number of hydrogen-bond donors (Lipinski definition) is 0. The average molecular weight is 479 g/mol. The highest BCUT2D eigenvalue weighted by atomic mass is 35.5. The van der Waals surface area contributed by atoms with Crippen molar-refractivity contribution in [2.75, 3.05) is 11.6 Å². The van der Waals surface area contributed by atoms with E-state index in [-0.39, 0.29) is 23.8 Å². The van der Waals surface area contributed by atoms with E-state index in [0.29, 0.717) is 23.0 Å². The van der Waals surface area contributed by atoms with Gasteiger partial charge in [-0.05, 0) is 35.8 Å². The van der Waals surface area contributed by atoms with Crippen LogP contribution in [0.2, 0.25) is 4.34 Å². The Hall–Kier alpha value is -2.62. The van der Waals surface area contributed by atoms with Crippen LogP contribution in [0, 0.1) is 0 Å². The monoisotopic (exact) mass is 478 g/mol. The zero-order valence-corrected chi connectivity index (χ0v) is 18.6. The van der Waals surface area contributed by atoms with Crippen molar-refractivity contribution < 1.29 is 18.0 Å². The SMILES string of the molecule is C=CC(=O)N1c2c(c(C(F)(F)F)nn2CC)-c2ccccc2[C@@H]2CN1Cc1sc(Cl)cc12. The molecule has 0 saturated heterocycles. The lowest BCUT2D eigenvalue weighted by Crippen LogP contribution is -2.51. The minimum atomic E-state index is -4.69. The molecule has 2 bridgehead atoms. The molecule has 0 fully saturated rings. The van der Waals surface area contributed by atoms with E-state index in [2.05, 4.69) is 11.7 Å². The molecule has 0 N–H and O–H groups in total. The number of hydrazine groups is 1. The summed E-state index contributed by atoms with van der Waals surface area (Å²) in [5, 5.41) is 6.98. The number of hydrogen-bond acceptors (Lipinski definition) is 4. The highest BCUT2D eigenvalue weighted by molar-refractivity contribution is 7.16. The molecule has 0 spiro atoms. The molecule has 2 atom stereocenters. The molecule has 0 aliphatic carbocycles. The minimum absolute atomic E-state index is 0.0929. The van der Waals surface area contributed by atoms with Crippen LogP contribution < -0.4 is 5.01 Å². The van der Waals surface area contributed by atoms with Crippen LogP contribution in [0.4, 0.5) is 19.0 Å². The molecule has 5 rings (SSSR count). The van der Waals surface area contributed by atoms with Gasteiger partial charge >= 0.3 is 6.18 Å². The number of amides is 1. The molecule has 32 heavy (non-hydrogen) atoms. The summed E-state index contributed by atoms with van der Waals surface area (Å²) in [7, 11) is 0. The summed E-state index contributed by atoms with van der Waals surface area (Å²) in [5.41, 5.74) is 1.05. The van der Waals surface area contributed by atoms with Gasteiger partial charge in [0.1, 0.15) is 0 Å². The zero-order chi connectivity index (χ0) is 22.8. The third-order valence-electron chi connectivity index (χ3n) is 5.87. The molecule has 2 aliphatic heterocycles. The molecular weight excluding hydrogens is 461 g/mol. The summed E-state index contributed by atoms with van der Waals surface area (Å²) in [6, 6.07) is 8.91. The number of anilines is 1. The van der Waals surface area contributed by atoms with E-state index in [0.717, 1.165) is 22.1 Å². The molecule has 166 valence electrons. The second kappa shape index (κ2) is 7.47. The second-order valence-corrected chi connectivity index (χ2v) is 9.40. The van der Waals surface area contributed by atoms with Gasteiger partial charge in [0.15, 0.2) is 11.5 Å². The fraction of sp³-hybridized carbons (Fsp3) is 0.273. The Morgan fingerprint density at radius 3 is 2.78 bits per heavy atom. The maximum absolute atomic E-state index is 14.2. The molecule has 0 saturated carbocycles. The number of fused-ring (bicyclic) bond motifs is 8. The lowest BCUT2D eigenvalue weighted by atomic mass is 9.83. The van der Waals surface area contributed by atoms with Crippen LogP contribution in [-0.4, -0.2) is 27.2 Å². The van der Waals surface area contributed by atoms with Crippen molar-refractivity contribution in [1.29, 1.82) is 0 Å². The van der Waals surface area contributed by atoms with Gasteiger partial charge in [-0.3, -0.25) is 4.79 Å². The first-order valence-corrected chi connectivity index (χ1v) is 11.2. The molecule has 1 unspecified atom stereocenters. The number of nitrogens with zero attached hydrogens (tertiary/aromatic N) is 4. The molecule has 2 aromatic heterocycles. The summed E-state index contributed by atoms with van der Waals surface area (Å²) in [6.07, 6.45) is -3.58. The maximum Gasteiger partial charge on any atom is 0.435 e. The first-order valence-electron chi connectivity index (χ1n) is 10.0. The Labute approximate surface area is 191 Å². The number of aromatic nitrogens is 2. The quantitative estimate of drug-likeness (QED) is 0.444. The number of benzene rings is 1. The number of rotatable bonds is 2. The maximum atomic E-state index is 14.2. The molecule has 3 aromatic rings.